The van der Waals surface area contributed by atoms with Crippen LogP contribution in [0.25, 0.3) is 10.8 Å². The van der Waals surface area contributed by atoms with Crippen molar-refractivity contribution < 1.29 is 0 Å². The molecule has 1 atom stereocenters. The van der Waals surface area contributed by atoms with Crippen LogP contribution in [-0.4, -0.2) is 6.04 Å². The van der Waals surface area contributed by atoms with Crippen LogP contribution in [0.1, 0.15) is 32.4 Å². The van der Waals surface area contributed by atoms with Crippen molar-refractivity contribution in [1.82, 2.24) is 5.32 Å². The van der Waals surface area contributed by atoms with Crippen LogP contribution in [0.3, 0.4) is 0 Å². The van der Waals surface area contributed by atoms with E-state index in [1.54, 1.807) is 0 Å². The zero-order valence-corrected chi connectivity index (χ0v) is 10.2. The standard InChI is InChI=1S/C15H19N/c1-11(2)16-12(3)14-10-6-8-13-7-4-5-9-15(13)14/h4-12,16H,1-3H3/t12-/m0/s1. The summed E-state index contributed by atoms with van der Waals surface area (Å²) in [5.41, 5.74) is 1.38. The van der Waals surface area contributed by atoms with Crippen LogP contribution in [0, 0.1) is 0 Å². The molecular formula is C15H19N. The minimum Gasteiger partial charge on any atom is -0.308 e. The predicted octanol–water partition coefficient (Wildman–Crippen LogP) is 3.90. The summed E-state index contributed by atoms with van der Waals surface area (Å²) in [7, 11) is 0. The molecule has 2 rings (SSSR count). The molecule has 0 aromatic heterocycles. The fraction of sp³-hybridized carbons (Fsp3) is 0.333. The minimum absolute atomic E-state index is 0.395. The van der Waals surface area contributed by atoms with E-state index in [9.17, 15) is 0 Å². The lowest BCUT2D eigenvalue weighted by Gasteiger charge is -2.19. The zero-order chi connectivity index (χ0) is 11.5. The van der Waals surface area contributed by atoms with E-state index in [1.807, 2.05) is 0 Å². The molecule has 0 radical (unpaired) electrons. The molecule has 2 aromatic rings. The molecule has 0 aliphatic rings. The molecule has 0 aliphatic carbocycles. The Balaban J connectivity index is 2.44. The summed E-state index contributed by atoms with van der Waals surface area (Å²) in [6.45, 7) is 6.59. The number of rotatable bonds is 3. The van der Waals surface area contributed by atoms with Crippen molar-refractivity contribution in [3.05, 3.63) is 48.0 Å². The molecule has 1 heteroatoms. The van der Waals surface area contributed by atoms with Crippen LogP contribution in [0.2, 0.25) is 0 Å². The molecule has 0 spiro atoms. The fourth-order valence-corrected chi connectivity index (χ4v) is 2.22. The second-order valence-corrected chi connectivity index (χ2v) is 4.61. The lowest BCUT2D eigenvalue weighted by molar-refractivity contribution is 0.508. The van der Waals surface area contributed by atoms with E-state index in [-0.39, 0.29) is 0 Å². The summed E-state index contributed by atoms with van der Waals surface area (Å²) in [4.78, 5) is 0. The third kappa shape index (κ3) is 2.25. The Bertz CT molecular complexity index is 468. The van der Waals surface area contributed by atoms with Crippen LogP contribution in [0.15, 0.2) is 42.5 Å². The average molecular weight is 213 g/mol. The monoisotopic (exact) mass is 213 g/mol. The molecule has 0 fully saturated rings. The van der Waals surface area contributed by atoms with Gasteiger partial charge in [0.05, 0.1) is 0 Å². The molecule has 0 saturated heterocycles. The third-order valence-electron chi connectivity index (χ3n) is 2.87. The summed E-state index contributed by atoms with van der Waals surface area (Å²) >= 11 is 0. The zero-order valence-electron chi connectivity index (χ0n) is 10.2. The number of hydrogen-bond donors (Lipinski definition) is 1. The van der Waals surface area contributed by atoms with Gasteiger partial charge in [0.15, 0.2) is 0 Å². The van der Waals surface area contributed by atoms with E-state index in [2.05, 4.69) is 68.6 Å². The summed E-state index contributed by atoms with van der Waals surface area (Å²) in [5, 5.41) is 6.22. The molecule has 1 N–H and O–H groups in total. The van der Waals surface area contributed by atoms with Crippen molar-refractivity contribution in [1.29, 1.82) is 0 Å². The first-order chi connectivity index (χ1) is 7.68. The average Bonchev–Trinajstić information content (AvgIpc) is 2.27. The van der Waals surface area contributed by atoms with Crippen LogP contribution < -0.4 is 5.32 Å². The quantitative estimate of drug-likeness (QED) is 0.815. The maximum absolute atomic E-state index is 3.55. The van der Waals surface area contributed by atoms with E-state index in [0.29, 0.717) is 12.1 Å². The summed E-state index contributed by atoms with van der Waals surface area (Å²) in [5.74, 6) is 0. The van der Waals surface area contributed by atoms with Gasteiger partial charge in [-0.2, -0.15) is 0 Å². The first-order valence-corrected chi connectivity index (χ1v) is 5.92. The van der Waals surface area contributed by atoms with Gasteiger partial charge in [0.25, 0.3) is 0 Å². The summed E-state index contributed by atoms with van der Waals surface area (Å²) in [6, 6.07) is 16.0. The fourth-order valence-electron chi connectivity index (χ4n) is 2.22. The van der Waals surface area contributed by atoms with Gasteiger partial charge in [-0.1, -0.05) is 56.3 Å². The number of hydrogen-bond acceptors (Lipinski definition) is 1. The van der Waals surface area contributed by atoms with Crippen molar-refractivity contribution in [2.45, 2.75) is 32.9 Å². The minimum atomic E-state index is 0.395. The van der Waals surface area contributed by atoms with Crippen LogP contribution in [-0.2, 0) is 0 Å². The van der Waals surface area contributed by atoms with Crippen molar-refractivity contribution >= 4 is 10.8 Å². The Labute approximate surface area is 97.5 Å². The maximum Gasteiger partial charge on any atom is 0.0300 e. The Morgan fingerprint density at radius 1 is 0.875 bits per heavy atom. The number of benzene rings is 2. The van der Waals surface area contributed by atoms with E-state index < -0.39 is 0 Å². The van der Waals surface area contributed by atoms with Crippen molar-refractivity contribution in [2.75, 3.05) is 0 Å². The topological polar surface area (TPSA) is 12.0 Å². The highest BCUT2D eigenvalue weighted by Crippen LogP contribution is 2.24. The molecule has 0 bridgehead atoms. The predicted molar refractivity (Wildman–Crippen MR) is 70.6 cm³/mol. The Kier molecular flexibility index (Phi) is 3.25. The smallest absolute Gasteiger partial charge is 0.0300 e. The van der Waals surface area contributed by atoms with Gasteiger partial charge in [0.2, 0.25) is 0 Å². The molecule has 1 nitrogen and oxygen atoms in total. The van der Waals surface area contributed by atoms with Gasteiger partial charge in [-0.05, 0) is 23.3 Å². The van der Waals surface area contributed by atoms with Gasteiger partial charge >= 0.3 is 0 Å². The SMILES string of the molecule is CC(C)N[C@@H](C)c1cccc2ccccc12. The van der Waals surface area contributed by atoms with Crippen LogP contribution in [0.5, 0.6) is 0 Å². The lowest BCUT2D eigenvalue weighted by atomic mass is 9.99. The molecule has 0 saturated carbocycles. The van der Waals surface area contributed by atoms with Crippen LogP contribution >= 0.6 is 0 Å². The Morgan fingerprint density at radius 2 is 1.56 bits per heavy atom. The van der Waals surface area contributed by atoms with Crippen molar-refractivity contribution in [3.8, 4) is 0 Å². The number of fused-ring (bicyclic) bond motifs is 1. The molecule has 0 aliphatic heterocycles. The van der Waals surface area contributed by atoms with Crippen LogP contribution in [0.4, 0.5) is 0 Å². The molecule has 84 valence electrons. The normalized spacial score (nSPS) is 13.2. The van der Waals surface area contributed by atoms with Gasteiger partial charge in [-0.15, -0.1) is 0 Å². The first-order valence-electron chi connectivity index (χ1n) is 5.92. The molecule has 0 unspecified atom stereocenters. The highest BCUT2D eigenvalue weighted by Gasteiger charge is 2.09. The molecule has 0 heterocycles. The molecule has 16 heavy (non-hydrogen) atoms. The van der Waals surface area contributed by atoms with Gasteiger partial charge in [0.1, 0.15) is 0 Å². The van der Waals surface area contributed by atoms with Gasteiger partial charge in [-0.25, -0.2) is 0 Å². The van der Waals surface area contributed by atoms with Crippen molar-refractivity contribution in [3.63, 3.8) is 0 Å². The summed E-state index contributed by atoms with van der Waals surface area (Å²) < 4.78 is 0. The Morgan fingerprint density at radius 3 is 2.31 bits per heavy atom. The van der Waals surface area contributed by atoms with Gasteiger partial charge < -0.3 is 5.32 Å². The number of nitrogens with one attached hydrogen (secondary N) is 1. The summed E-state index contributed by atoms with van der Waals surface area (Å²) in [6.07, 6.45) is 0. The van der Waals surface area contributed by atoms with E-state index in [4.69, 9.17) is 0 Å². The highest BCUT2D eigenvalue weighted by atomic mass is 14.9. The Hall–Kier alpha value is -1.34. The lowest BCUT2D eigenvalue weighted by Crippen LogP contribution is -2.26. The largest absolute Gasteiger partial charge is 0.308 e. The van der Waals surface area contributed by atoms with E-state index in [1.165, 1.54) is 16.3 Å². The van der Waals surface area contributed by atoms with E-state index in [0.717, 1.165) is 0 Å². The van der Waals surface area contributed by atoms with Gasteiger partial charge in [-0.3, -0.25) is 0 Å². The van der Waals surface area contributed by atoms with Crippen molar-refractivity contribution in [2.24, 2.45) is 0 Å². The molecule has 2 aromatic carbocycles. The third-order valence-corrected chi connectivity index (χ3v) is 2.87. The second kappa shape index (κ2) is 4.67. The second-order valence-electron chi connectivity index (χ2n) is 4.61. The molecule has 0 amide bonds. The highest BCUT2D eigenvalue weighted by molar-refractivity contribution is 5.86. The maximum atomic E-state index is 3.55. The molecular weight excluding hydrogens is 194 g/mol. The van der Waals surface area contributed by atoms with Gasteiger partial charge in [0, 0.05) is 12.1 Å². The first kappa shape index (κ1) is 11.2. The van der Waals surface area contributed by atoms with E-state index >= 15 is 0 Å².